The van der Waals surface area contributed by atoms with Crippen LogP contribution in [0.25, 0.3) is 0 Å². The van der Waals surface area contributed by atoms with Crippen LogP contribution in [0.15, 0.2) is 6.20 Å². The zero-order chi connectivity index (χ0) is 17.9. The summed E-state index contributed by atoms with van der Waals surface area (Å²) in [7, 11) is 0. The van der Waals surface area contributed by atoms with E-state index < -0.39 is 5.41 Å². The molecule has 8 nitrogen and oxygen atoms in total. The molecule has 0 radical (unpaired) electrons. The van der Waals surface area contributed by atoms with Crippen LogP contribution in [0, 0.1) is 5.41 Å². The van der Waals surface area contributed by atoms with E-state index in [4.69, 9.17) is 16.2 Å². The summed E-state index contributed by atoms with van der Waals surface area (Å²) in [6.07, 6.45) is 6.82. The zero-order valence-corrected chi connectivity index (χ0v) is 14.8. The molecule has 2 fully saturated rings. The van der Waals surface area contributed by atoms with Crippen molar-refractivity contribution in [1.82, 2.24) is 9.97 Å². The summed E-state index contributed by atoms with van der Waals surface area (Å²) in [4.78, 5) is 20.4. The first-order valence-electron chi connectivity index (χ1n) is 8.99. The highest BCUT2D eigenvalue weighted by Crippen LogP contribution is 2.36. The highest BCUT2D eigenvalue weighted by atomic mass is 16.5. The number of hydrogen-bond donors (Lipinski definition) is 4. The second-order valence-electron chi connectivity index (χ2n) is 7.37. The molecule has 0 bridgehead atoms. The molecule has 1 saturated carbocycles. The molecular weight excluding hydrogens is 320 g/mol. The van der Waals surface area contributed by atoms with Crippen molar-refractivity contribution < 1.29 is 9.53 Å². The Morgan fingerprint density at radius 1 is 1.20 bits per heavy atom. The van der Waals surface area contributed by atoms with Crippen LogP contribution in [-0.4, -0.2) is 41.2 Å². The van der Waals surface area contributed by atoms with Crippen molar-refractivity contribution in [2.24, 2.45) is 11.1 Å². The lowest BCUT2D eigenvalue weighted by Gasteiger charge is -2.35. The number of carbonyl (C=O) groups excluding carboxylic acids is 1. The van der Waals surface area contributed by atoms with Gasteiger partial charge in [-0.05, 0) is 38.5 Å². The van der Waals surface area contributed by atoms with Crippen LogP contribution in [0.3, 0.4) is 0 Å². The van der Waals surface area contributed by atoms with Crippen LogP contribution in [-0.2, 0) is 9.53 Å². The minimum atomic E-state index is -0.398. The number of anilines is 3. The maximum Gasteiger partial charge on any atom is 0.224 e. The molecule has 1 aromatic rings. The zero-order valence-electron chi connectivity index (χ0n) is 14.8. The van der Waals surface area contributed by atoms with Gasteiger partial charge in [0.2, 0.25) is 11.9 Å². The number of carbonyl (C=O) groups is 1. The lowest BCUT2D eigenvalue weighted by molar-refractivity contribution is -0.128. The molecule has 1 amide bonds. The molecule has 2 heterocycles. The molecule has 138 valence electrons. The highest BCUT2D eigenvalue weighted by molar-refractivity contribution is 5.80. The molecule has 0 aromatic carbocycles. The number of nitrogens with zero attached hydrogens (tertiary/aromatic N) is 2. The van der Waals surface area contributed by atoms with E-state index >= 15 is 0 Å². The van der Waals surface area contributed by atoms with Crippen LogP contribution in [0.2, 0.25) is 0 Å². The predicted octanol–water partition coefficient (Wildman–Crippen LogP) is 1.50. The molecule has 25 heavy (non-hydrogen) atoms. The lowest BCUT2D eigenvalue weighted by atomic mass is 9.73. The fourth-order valence-corrected chi connectivity index (χ4v) is 3.44. The first kappa shape index (κ1) is 17.7. The summed E-state index contributed by atoms with van der Waals surface area (Å²) >= 11 is 0. The van der Waals surface area contributed by atoms with Gasteiger partial charge < -0.3 is 26.8 Å². The van der Waals surface area contributed by atoms with Crippen LogP contribution < -0.4 is 22.1 Å². The molecule has 8 heteroatoms. The number of nitrogens with one attached hydrogen (secondary N) is 2. The minimum absolute atomic E-state index is 0.213. The number of primary amides is 1. The Hall–Kier alpha value is -2.09. The van der Waals surface area contributed by atoms with E-state index in [1.54, 1.807) is 6.20 Å². The quantitative estimate of drug-likeness (QED) is 0.634. The summed E-state index contributed by atoms with van der Waals surface area (Å²) in [6, 6.07) is 0.566. The first-order valence-corrected chi connectivity index (χ1v) is 8.99. The van der Waals surface area contributed by atoms with Crippen molar-refractivity contribution in [3.63, 3.8) is 0 Å². The average molecular weight is 348 g/mol. The van der Waals surface area contributed by atoms with Gasteiger partial charge >= 0.3 is 0 Å². The van der Waals surface area contributed by atoms with Gasteiger partial charge in [0.15, 0.2) is 5.82 Å². The number of aromatic nitrogens is 2. The van der Waals surface area contributed by atoms with Gasteiger partial charge in [-0.2, -0.15) is 4.98 Å². The first-order chi connectivity index (χ1) is 12.0. The fourth-order valence-electron chi connectivity index (χ4n) is 3.44. The van der Waals surface area contributed by atoms with Crippen molar-refractivity contribution >= 4 is 23.4 Å². The largest absolute Gasteiger partial charge is 0.394 e. The summed E-state index contributed by atoms with van der Waals surface area (Å²) in [6.45, 7) is 3.47. The molecule has 0 atom stereocenters. The van der Waals surface area contributed by atoms with Gasteiger partial charge in [-0.25, -0.2) is 4.98 Å². The molecule has 1 aromatic heterocycles. The van der Waals surface area contributed by atoms with E-state index in [1.165, 1.54) is 0 Å². The van der Waals surface area contributed by atoms with Gasteiger partial charge in [0, 0.05) is 30.7 Å². The number of hydrogen-bond acceptors (Lipinski definition) is 7. The van der Waals surface area contributed by atoms with Crippen LogP contribution >= 0.6 is 0 Å². The fraction of sp³-hybridized carbons (Fsp3) is 0.706. The van der Waals surface area contributed by atoms with Crippen LogP contribution in [0.1, 0.15) is 45.4 Å². The second kappa shape index (κ2) is 7.43. The molecule has 6 N–H and O–H groups in total. The van der Waals surface area contributed by atoms with E-state index in [9.17, 15) is 4.79 Å². The summed E-state index contributed by atoms with van der Waals surface area (Å²) in [5.74, 6) is 1.02. The number of rotatable bonds is 5. The van der Waals surface area contributed by atoms with Crippen molar-refractivity contribution in [1.29, 1.82) is 0 Å². The smallest absolute Gasteiger partial charge is 0.224 e. The number of nitrogen functional groups attached to an aromatic ring is 1. The second-order valence-corrected chi connectivity index (χ2v) is 7.37. The van der Waals surface area contributed by atoms with Crippen molar-refractivity contribution in [2.45, 2.75) is 57.5 Å². The van der Waals surface area contributed by atoms with E-state index in [0.717, 1.165) is 51.7 Å². The van der Waals surface area contributed by atoms with Gasteiger partial charge in [-0.1, -0.05) is 6.92 Å². The summed E-state index contributed by atoms with van der Waals surface area (Å²) in [5.41, 5.74) is 11.7. The third-order valence-electron chi connectivity index (χ3n) is 5.40. The molecular formula is C17H28N6O2. The molecule has 3 rings (SSSR count). The molecule has 1 saturated heterocycles. The van der Waals surface area contributed by atoms with Gasteiger partial charge in [0.05, 0.1) is 11.9 Å². The molecule has 0 unspecified atom stereocenters. The van der Waals surface area contributed by atoms with Crippen LogP contribution in [0.5, 0.6) is 0 Å². The summed E-state index contributed by atoms with van der Waals surface area (Å²) < 4.78 is 5.37. The van der Waals surface area contributed by atoms with Crippen molar-refractivity contribution in [3.8, 4) is 0 Å². The highest BCUT2D eigenvalue weighted by Gasteiger charge is 2.36. The Morgan fingerprint density at radius 3 is 2.48 bits per heavy atom. The molecule has 2 aliphatic rings. The number of nitrogens with two attached hydrogens (primary N) is 2. The Labute approximate surface area is 148 Å². The minimum Gasteiger partial charge on any atom is -0.394 e. The van der Waals surface area contributed by atoms with Gasteiger partial charge in [0.1, 0.15) is 0 Å². The third kappa shape index (κ3) is 4.31. The molecule has 0 spiro atoms. The normalized spacial score (nSPS) is 27.6. The van der Waals surface area contributed by atoms with Gasteiger partial charge in [-0.3, -0.25) is 4.79 Å². The third-order valence-corrected chi connectivity index (χ3v) is 5.40. The molecule has 1 aliphatic carbocycles. The Kier molecular flexibility index (Phi) is 5.27. The van der Waals surface area contributed by atoms with Crippen molar-refractivity contribution in [2.75, 3.05) is 29.6 Å². The monoisotopic (exact) mass is 348 g/mol. The van der Waals surface area contributed by atoms with E-state index in [-0.39, 0.29) is 11.9 Å². The SMILES string of the molecule is C[C@]1(C(N)=O)CC[C@H](Nc2nc(NC3CCOCC3)ncc2N)CC1. The summed E-state index contributed by atoms with van der Waals surface area (Å²) in [5, 5.41) is 6.77. The standard InChI is InChI=1S/C17H28N6O2/c1-17(15(19)24)6-2-11(3-7-17)21-14-13(18)10-20-16(23-14)22-12-4-8-25-9-5-12/h10-12H,2-9,18H2,1H3,(H2,19,24)(H2,20,21,22,23)/t11-,17-. The van der Waals surface area contributed by atoms with E-state index in [1.807, 2.05) is 6.92 Å². The lowest BCUT2D eigenvalue weighted by Crippen LogP contribution is -2.40. The average Bonchev–Trinajstić information content (AvgIpc) is 2.61. The van der Waals surface area contributed by atoms with Crippen LogP contribution in [0.4, 0.5) is 17.5 Å². The predicted molar refractivity (Wildman–Crippen MR) is 97.1 cm³/mol. The topological polar surface area (TPSA) is 128 Å². The maximum absolute atomic E-state index is 11.6. The van der Waals surface area contributed by atoms with E-state index in [2.05, 4.69) is 20.6 Å². The maximum atomic E-state index is 11.6. The Bertz CT molecular complexity index is 609. The Morgan fingerprint density at radius 2 is 1.84 bits per heavy atom. The van der Waals surface area contributed by atoms with E-state index in [0.29, 0.717) is 23.5 Å². The van der Waals surface area contributed by atoms with Gasteiger partial charge in [0.25, 0.3) is 0 Å². The van der Waals surface area contributed by atoms with Crippen molar-refractivity contribution in [3.05, 3.63) is 6.20 Å². The molecule has 1 aliphatic heterocycles. The van der Waals surface area contributed by atoms with Gasteiger partial charge in [-0.15, -0.1) is 0 Å². The Balaban J connectivity index is 1.60. The number of amides is 1. The number of ether oxygens (including phenoxy) is 1.